The van der Waals surface area contributed by atoms with Gasteiger partial charge in [0.05, 0.1) is 40.5 Å². The fourth-order valence-corrected chi connectivity index (χ4v) is 4.69. The Bertz CT molecular complexity index is 1240. The summed E-state index contributed by atoms with van der Waals surface area (Å²) in [5, 5.41) is 16.7. The smallest absolute Gasteiger partial charge is 0.337 e. The number of amides is 1. The number of nitrogens with one attached hydrogen (secondary N) is 2. The Kier molecular flexibility index (Phi) is 9.37. The summed E-state index contributed by atoms with van der Waals surface area (Å²) in [7, 11) is 0. The van der Waals surface area contributed by atoms with Crippen LogP contribution in [0.2, 0.25) is 0 Å². The van der Waals surface area contributed by atoms with E-state index in [-0.39, 0.29) is 18.3 Å². The Hall–Kier alpha value is -3.96. The van der Waals surface area contributed by atoms with Gasteiger partial charge in [0, 0.05) is 11.4 Å². The average molecular weight is 504 g/mol. The number of esters is 1. The molecule has 7 nitrogen and oxygen atoms in total. The number of para-hydroxylation sites is 1. The van der Waals surface area contributed by atoms with Crippen LogP contribution in [0, 0.1) is 18.3 Å². The van der Waals surface area contributed by atoms with Crippen molar-refractivity contribution in [1.82, 2.24) is 5.32 Å². The zero-order chi connectivity index (χ0) is 26.1. The topological polar surface area (TPSA) is 100 Å². The number of rotatable bonds is 10. The van der Waals surface area contributed by atoms with Gasteiger partial charge in [0.2, 0.25) is 5.91 Å². The van der Waals surface area contributed by atoms with Gasteiger partial charge in [0.1, 0.15) is 12.4 Å². The van der Waals surface area contributed by atoms with E-state index in [1.54, 1.807) is 19.1 Å². The molecule has 36 heavy (non-hydrogen) atoms. The van der Waals surface area contributed by atoms with Crippen LogP contribution in [0.5, 0.6) is 5.75 Å². The molecule has 3 rings (SSSR count). The molecule has 2 N–H and O–H groups in total. The average Bonchev–Trinajstić information content (AvgIpc) is 2.87. The number of carbonyl (C=O) groups is 2. The van der Waals surface area contributed by atoms with E-state index in [4.69, 9.17) is 9.47 Å². The number of nitrogens with zero attached hydrogens (tertiary/aromatic N) is 1. The molecule has 0 aromatic heterocycles. The third-order valence-corrected chi connectivity index (χ3v) is 6.51. The van der Waals surface area contributed by atoms with Gasteiger partial charge in [-0.2, -0.15) is 5.26 Å². The van der Waals surface area contributed by atoms with Gasteiger partial charge in [0.15, 0.2) is 0 Å². The molecule has 8 heteroatoms. The highest BCUT2D eigenvalue weighted by Gasteiger charge is 2.35. The number of anilines is 1. The molecule has 186 valence electrons. The number of hydrogen-bond acceptors (Lipinski definition) is 7. The zero-order valence-corrected chi connectivity index (χ0v) is 21.4. The fourth-order valence-electron chi connectivity index (χ4n) is 3.80. The summed E-state index contributed by atoms with van der Waals surface area (Å²) in [6.07, 6.45) is 1.49. The van der Waals surface area contributed by atoms with Crippen LogP contribution in [0.15, 0.2) is 83.1 Å². The molecule has 1 aliphatic heterocycles. The van der Waals surface area contributed by atoms with E-state index >= 15 is 0 Å². The van der Waals surface area contributed by atoms with Crippen LogP contribution in [0.3, 0.4) is 0 Å². The molecule has 2 aromatic rings. The molecular weight excluding hydrogens is 474 g/mol. The summed E-state index contributed by atoms with van der Waals surface area (Å²) in [5.74, 6) is -0.617. The summed E-state index contributed by atoms with van der Waals surface area (Å²) in [6.45, 7) is 9.75. The normalized spacial score (nSPS) is 15.0. The van der Waals surface area contributed by atoms with E-state index in [9.17, 15) is 14.9 Å². The number of ether oxygens (including phenoxy) is 2. The van der Waals surface area contributed by atoms with Gasteiger partial charge < -0.3 is 20.1 Å². The first-order valence-electron chi connectivity index (χ1n) is 11.5. The lowest BCUT2D eigenvalue weighted by atomic mass is 9.82. The molecule has 0 fully saturated rings. The predicted octanol–water partition coefficient (Wildman–Crippen LogP) is 5.19. The molecule has 1 heterocycles. The second-order valence-corrected chi connectivity index (χ2v) is 8.98. The number of aryl methyl sites for hydroxylation is 1. The Morgan fingerprint density at radius 1 is 1.19 bits per heavy atom. The highest BCUT2D eigenvalue weighted by atomic mass is 32.2. The van der Waals surface area contributed by atoms with Gasteiger partial charge in [-0.1, -0.05) is 54.7 Å². The van der Waals surface area contributed by atoms with Gasteiger partial charge in [-0.25, -0.2) is 4.79 Å². The Morgan fingerprint density at radius 3 is 2.56 bits per heavy atom. The van der Waals surface area contributed by atoms with E-state index < -0.39 is 11.9 Å². The number of hydrogen-bond donors (Lipinski definition) is 2. The first kappa shape index (κ1) is 26.6. The standard InChI is InChI=1S/C28H29N3O4S/c1-5-15-35-28(33)25-19(4)30-27(36-17-24(32)31-23-10-8-7-9-18(23)3)22(16-29)26(25)20-11-13-21(14-12-20)34-6-2/h5,7-14,26,30H,1,6,15,17H2,2-4H3,(H,31,32). The Labute approximate surface area is 215 Å². The van der Waals surface area contributed by atoms with E-state index in [0.717, 1.165) is 16.8 Å². The zero-order valence-electron chi connectivity index (χ0n) is 20.6. The minimum atomic E-state index is -0.661. The number of nitriles is 1. The molecular formula is C28H29N3O4S. The SMILES string of the molecule is C=CCOC(=O)C1=C(C)NC(SCC(=O)Nc2ccccc2C)=C(C#N)C1c1ccc(OCC)cc1. The molecule has 1 amide bonds. The highest BCUT2D eigenvalue weighted by molar-refractivity contribution is 8.03. The minimum Gasteiger partial charge on any atom is -0.494 e. The number of thioether (sulfide) groups is 1. The first-order chi connectivity index (χ1) is 17.4. The predicted molar refractivity (Wildman–Crippen MR) is 142 cm³/mol. The number of allylic oxidation sites excluding steroid dienone is 2. The van der Waals surface area contributed by atoms with Crippen LogP contribution in [-0.4, -0.2) is 30.8 Å². The van der Waals surface area contributed by atoms with Crippen LogP contribution < -0.4 is 15.4 Å². The van der Waals surface area contributed by atoms with Crippen molar-refractivity contribution in [2.45, 2.75) is 26.7 Å². The Balaban J connectivity index is 1.91. The van der Waals surface area contributed by atoms with E-state index in [2.05, 4.69) is 23.3 Å². The summed E-state index contributed by atoms with van der Waals surface area (Å²) in [5.41, 5.74) is 3.67. The van der Waals surface area contributed by atoms with Crippen LogP contribution in [0.1, 0.15) is 30.9 Å². The molecule has 1 atom stereocenters. The summed E-state index contributed by atoms with van der Waals surface area (Å²) in [4.78, 5) is 25.6. The second-order valence-electron chi connectivity index (χ2n) is 7.99. The van der Waals surface area contributed by atoms with Crippen molar-refractivity contribution in [1.29, 1.82) is 5.26 Å². The molecule has 1 unspecified atom stereocenters. The van der Waals surface area contributed by atoms with E-state index in [0.29, 0.717) is 34.2 Å². The van der Waals surface area contributed by atoms with Crippen LogP contribution in [0.4, 0.5) is 5.69 Å². The lowest BCUT2D eigenvalue weighted by molar-refractivity contribution is -0.138. The van der Waals surface area contributed by atoms with E-state index in [1.807, 2.05) is 50.2 Å². The highest BCUT2D eigenvalue weighted by Crippen LogP contribution is 2.41. The van der Waals surface area contributed by atoms with Crippen molar-refractivity contribution in [2.75, 3.05) is 24.3 Å². The second kappa shape index (κ2) is 12.7. The fraction of sp³-hybridized carbons (Fsp3) is 0.250. The van der Waals surface area contributed by atoms with Crippen LogP contribution in [0.25, 0.3) is 0 Å². The molecule has 2 aromatic carbocycles. The first-order valence-corrected chi connectivity index (χ1v) is 12.5. The quantitative estimate of drug-likeness (QED) is 0.340. The largest absolute Gasteiger partial charge is 0.494 e. The number of benzene rings is 2. The third-order valence-electron chi connectivity index (χ3n) is 5.49. The maximum Gasteiger partial charge on any atom is 0.337 e. The molecule has 0 spiro atoms. The molecule has 0 bridgehead atoms. The molecule has 1 aliphatic rings. The van der Waals surface area contributed by atoms with Crippen LogP contribution in [-0.2, 0) is 14.3 Å². The van der Waals surface area contributed by atoms with Gasteiger partial charge in [-0.15, -0.1) is 0 Å². The van der Waals surface area contributed by atoms with Crippen molar-refractivity contribution in [2.24, 2.45) is 0 Å². The van der Waals surface area contributed by atoms with Gasteiger partial charge in [0.25, 0.3) is 0 Å². The number of carbonyl (C=O) groups excluding carboxylic acids is 2. The van der Waals surface area contributed by atoms with Crippen molar-refractivity contribution < 1.29 is 19.1 Å². The lowest BCUT2D eigenvalue weighted by Gasteiger charge is -2.29. The minimum absolute atomic E-state index is 0.0535. The van der Waals surface area contributed by atoms with E-state index in [1.165, 1.54) is 17.8 Å². The monoisotopic (exact) mass is 503 g/mol. The Morgan fingerprint density at radius 2 is 1.92 bits per heavy atom. The number of dihydropyridines is 1. The van der Waals surface area contributed by atoms with Crippen molar-refractivity contribution >= 4 is 29.3 Å². The lowest BCUT2D eigenvalue weighted by Crippen LogP contribution is -2.29. The summed E-state index contributed by atoms with van der Waals surface area (Å²) in [6, 6.07) is 17.1. The molecule has 0 saturated heterocycles. The van der Waals surface area contributed by atoms with Crippen molar-refractivity contribution in [3.8, 4) is 11.8 Å². The molecule has 0 aliphatic carbocycles. The summed E-state index contributed by atoms with van der Waals surface area (Å²) >= 11 is 1.22. The molecule has 0 saturated carbocycles. The van der Waals surface area contributed by atoms with Gasteiger partial charge in [-0.3, -0.25) is 4.79 Å². The molecule has 0 radical (unpaired) electrons. The van der Waals surface area contributed by atoms with Gasteiger partial charge >= 0.3 is 5.97 Å². The van der Waals surface area contributed by atoms with Gasteiger partial charge in [-0.05, 0) is 50.1 Å². The maximum atomic E-state index is 13.0. The third kappa shape index (κ3) is 6.37. The van der Waals surface area contributed by atoms with Crippen molar-refractivity contribution in [3.63, 3.8) is 0 Å². The van der Waals surface area contributed by atoms with Crippen LogP contribution >= 0.6 is 11.8 Å². The van der Waals surface area contributed by atoms with Crippen molar-refractivity contribution in [3.05, 3.63) is 94.2 Å². The maximum absolute atomic E-state index is 13.0. The summed E-state index contributed by atoms with van der Waals surface area (Å²) < 4.78 is 10.9.